The third-order valence-electron chi connectivity index (χ3n) is 2.50. The van der Waals surface area contributed by atoms with Crippen LogP contribution in [0.15, 0.2) is 23.1 Å². The van der Waals surface area contributed by atoms with Gasteiger partial charge in [0.2, 0.25) is 10.0 Å². The van der Waals surface area contributed by atoms with Crippen molar-refractivity contribution in [3.05, 3.63) is 28.2 Å². The van der Waals surface area contributed by atoms with Crippen LogP contribution < -0.4 is 4.72 Å². The number of halogens is 2. The van der Waals surface area contributed by atoms with Crippen molar-refractivity contribution in [2.75, 3.05) is 0 Å². The molecule has 0 aliphatic carbocycles. The molecular weight excluding hydrogens is 325 g/mol. The molecule has 2 N–H and O–H groups in total. The maximum atomic E-state index is 12.1. The number of sulfonamides is 1. The molecule has 0 spiro atoms. The van der Waals surface area contributed by atoms with Crippen LogP contribution in [0.2, 0.25) is 10.0 Å². The molecule has 0 aliphatic heterocycles. The normalized spacial score (nSPS) is 13.4. The van der Waals surface area contributed by atoms with Crippen LogP contribution in [0.4, 0.5) is 0 Å². The van der Waals surface area contributed by atoms with Gasteiger partial charge in [0, 0.05) is 0 Å². The van der Waals surface area contributed by atoms with Gasteiger partial charge in [0.05, 0.1) is 14.9 Å². The van der Waals surface area contributed by atoms with Crippen molar-refractivity contribution in [3.8, 4) is 0 Å². The number of hydrogen-bond donors (Lipinski definition) is 2. The summed E-state index contributed by atoms with van der Waals surface area (Å²) in [6.07, 6.45) is 0.190. The van der Waals surface area contributed by atoms with Gasteiger partial charge in [-0.2, -0.15) is 4.72 Å². The number of hydrogen-bond acceptors (Lipinski definition) is 3. The van der Waals surface area contributed by atoms with Crippen LogP contribution in [0, 0.1) is 5.92 Å². The Morgan fingerprint density at radius 1 is 1.30 bits per heavy atom. The summed E-state index contributed by atoms with van der Waals surface area (Å²) in [4.78, 5) is 11.0. The molecule has 1 atom stereocenters. The lowest BCUT2D eigenvalue weighted by Gasteiger charge is -2.16. The van der Waals surface area contributed by atoms with Crippen molar-refractivity contribution in [1.82, 2.24) is 4.72 Å². The van der Waals surface area contributed by atoms with E-state index in [0.717, 1.165) is 0 Å². The van der Waals surface area contributed by atoms with Crippen molar-refractivity contribution in [1.29, 1.82) is 0 Å². The molecule has 0 unspecified atom stereocenters. The van der Waals surface area contributed by atoms with Crippen LogP contribution in [0.5, 0.6) is 0 Å². The third kappa shape index (κ3) is 4.63. The second-order valence-electron chi connectivity index (χ2n) is 4.72. The number of rotatable bonds is 6. The van der Waals surface area contributed by atoms with E-state index in [1.807, 2.05) is 13.8 Å². The molecule has 112 valence electrons. The van der Waals surface area contributed by atoms with Gasteiger partial charge in [-0.05, 0) is 30.5 Å². The molecule has 0 saturated carbocycles. The van der Waals surface area contributed by atoms with E-state index in [-0.39, 0.29) is 27.3 Å². The van der Waals surface area contributed by atoms with Crippen molar-refractivity contribution in [2.45, 2.75) is 31.2 Å². The van der Waals surface area contributed by atoms with Gasteiger partial charge in [-0.3, -0.25) is 4.79 Å². The molecular formula is C12H15Cl2NO4S. The second kappa shape index (κ2) is 6.76. The zero-order valence-corrected chi connectivity index (χ0v) is 13.3. The molecule has 5 nitrogen and oxygen atoms in total. The molecule has 0 heterocycles. The highest BCUT2D eigenvalue weighted by molar-refractivity contribution is 7.89. The Hall–Kier alpha value is -0.820. The summed E-state index contributed by atoms with van der Waals surface area (Å²) in [7, 11) is -3.96. The maximum Gasteiger partial charge on any atom is 0.321 e. The highest BCUT2D eigenvalue weighted by atomic mass is 35.5. The highest BCUT2D eigenvalue weighted by Crippen LogP contribution is 2.25. The fourth-order valence-corrected chi connectivity index (χ4v) is 3.16. The van der Waals surface area contributed by atoms with Gasteiger partial charge in [-0.15, -0.1) is 0 Å². The highest BCUT2D eigenvalue weighted by Gasteiger charge is 2.26. The average molecular weight is 340 g/mol. The number of aliphatic carboxylic acids is 1. The predicted molar refractivity (Wildman–Crippen MR) is 77.7 cm³/mol. The van der Waals surface area contributed by atoms with Gasteiger partial charge in [-0.1, -0.05) is 37.0 Å². The van der Waals surface area contributed by atoms with Gasteiger partial charge in [0.25, 0.3) is 0 Å². The van der Waals surface area contributed by atoms with E-state index in [4.69, 9.17) is 28.3 Å². The van der Waals surface area contributed by atoms with E-state index < -0.39 is 22.0 Å². The molecule has 0 aliphatic rings. The minimum Gasteiger partial charge on any atom is -0.480 e. The molecule has 0 aromatic heterocycles. The molecule has 8 heteroatoms. The quantitative estimate of drug-likeness (QED) is 0.834. The number of benzene rings is 1. The van der Waals surface area contributed by atoms with Crippen molar-refractivity contribution >= 4 is 39.2 Å². The SMILES string of the molecule is CC(C)C[C@@H](NS(=O)(=O)c1ccc(Cl)c(Cl)c1)C(=O)O. The lowest BCUT2D eigenvalue weighted by Crippen LogP contribution is -2.41. The monoisotopic (exact) mass is 339 g/mol. The Kier molecular flexibility index (Phi) is 5.82. The minimum atomic E-state index is -3.96. The Morgan fingerprint density at radius 2 is 1.90 bits per heavy atom. The summed E-state index contributed by atoms with van der Waals surface area (Å²) in [5.74, 6) is -1.19. The first-order chi connectivity index (χ1) is 9.13. The molecule has 0 radical (unpaired) electrons. The van der Waals surface area contributed by atoms with Gasteiger partial charge in [0.15, 0.2) is 0 Å². The van der Waals surface area contributed by atoms with Crippen molar-refractivity contribution in [3.63, 3.8) is 0 Å². The summed E-state index contributed by atoms with van der Waals surface area (Å²) >= 11 is 11.5. The van der Waals surface area contributed by atoms with Gasteiger partial charge in [0.1, 0.15) is 6.04 Å². The molecule has 1 rings (SSSR count). The van der Waals surface area contributed by atoms with Gasteiger partial charge in [-0.25, -0.2) is 8.42 Å². The maximum absolute atomic E-state index is 12.1. The van der Waals surface area contributed by atoms with Gasteiger partial charge >= 0.3 is 5.97 Å². The molecule has 0 bridgehead atoms. The topological polar surface area (TPSA) is 83.5 Å². The van der Waals surface area contributed by atoms with Crippen LogP contribution >= 0.6 is 23.2 Å². The zero-order valence-electron chi connectivity index (χ0n) is 10.9. The predicted octanol–water partition coefficient (Wildman–Crippen LogP) is 2.77. The van der Waals surface area contributed by atoms with Gasteiger partial charge < -0.3 is 5.11 Å². The summed E-state index contributed by atoms with van der Waals surface area (Å²) in [6, 6.07) is 2.61. The summed E-state index contributed by atoms with van der Waals surface area (Å²) in [6.45, 7) is 3.62. The van der Waals surface area contributed by atoms with Crippen molar-refractivity contribution < 1.29 is 18.3 Å². The number of carbonyl (C=O) groups is 1. The molecule has 0 amide bonds. The first-order valence-corrected chi connectivity index (χ1v) is 8.07. The second-order valence-corrected chi connectivity index (χ2v) is 7.25. The van der Waals surface area contributed by atoms with Crippen LogP contribution in [-0.2, 0) is 14.8 Å². The third-order valence-corrected chi connectivity index (χ3v) is 4.71. The smallest absolute Gasteiger partial charge is 0.321 e. The van der Waals surface area contributed by atoms with Crippen LogP contribution in [0.3, 0.4) is 0 Å². The van der Waals surface area contributed by atoms with Crippen LogP contribution in [-0.4, -0.2) is 25.5 Å². The largest absolute Gasteiger partial charge is 0.480 e. The number of carboxylic acids is 1. The number of carboxylic acid groups (broad SMARTS) is 1. The Balaban J connectivity index is 3.03. The van der Waals surface area contributed by atoms with Crippen molar-refractivity contribution in [2.24, 2.45) is 5.92 Å². The fourth-order valence-electron chi connectivity index (χ4n) is 1.57. The Labute approximate surface area is 127 Å². The molecule has 20 heavy (non-hydrogen) atoms. The van der Waals surface area contributed by atoms with E-state index in [2.05, 4.69) is 4.72 Å². The molecule has 0 saturated heterocycles. The Morgan fingerprint density at radius 3 is 2.35 bits per heavy atom. The Bertz CT molecular complexity index is 601. The lowest BCUT2D eigenvalue weighted by molar-refractivity contribution is -0.139. The first-order valence-electron chi connectivity index (χ1n) is 5.83. The fraction of sp³-hybridized carbons (Fsp3) is 0.417. The molecule has 0 fully saturated rings. The zero-order chi connectivity index (χ0) is 15.5. The molecule has 1 aromatic rings. The van der Waals surface area contributed by atoms with E-state index in [1.165, 1.54) is 18.2 Å². The first kappa shape index (κ1) is 17.2. The minimum absolute atomic E-state index is 0.0348. The standard InChI is InChI=1S/C12H15Cl2NO4S/c1-7(2)5-11(12(16)17)15-20(18,19)8-3-4-9(13)10(14)6-8/h3-4,6-7,11,15H,5H2,1-2H3,(H,16,17)/t11-/m1/s1. The average Bonchev–Trinajstić information content (AvgIpc) is 2.30. The summed E-state index contributed by atoms with van der Waals surface area (Å²) in [5, 5.41) is 9.37. The van der Waals surface area contributed by atoms with E-state index >= 15 is 0 Å². The summed E-state index contributed by atoms with van der Waals surface area (Å²) < 4.78 is 26.4. The van der Waals surface area contributed by atoms with Crippen LogP contribution in [0.1, 0.15) is 20.3 Å². The van der Waals surface area contributed by atoms with E-state index in [0.29, 0.717) is 0 Å². The van der Waals surface area contributed by atoms with Crippen LogP contribution in [0.25, 0.3) is 0 Å². The lowest BCUT2D eigenvalue weighted by atomic mass is 10.1. The number of nitrogens with one attached hydrogen (secondary N) is 1. The molecule has 1 aromatic carbocycles. The van der Waals surface area contributed by atoms with E-state index in [1.54, 1.807) is 0 Å². The van der Waals surface area contributed by atoms with E-state index in [9.17, 15) is 13.2 Å². The summed E-state index contributed by atoms with van der Waals surface area (Å²) in [5.41, 5.74) is 0.